The predicted molar refractivity (Wildman–Crippen MR) is 116 cm³/mol. The van der Waals surface area contributed by atoms with Gasteiger partial charge in [-0.2, -0.15) is 0 Å². The molecule has 0 saturated carbocycles. The topological polar surface area (TPSA) is 52.7 Å². The Kier molecular flexibility index (Phi) is 5.41. The maximum atomic E-state index is 9.69. The summed E-state index contributed by atoms with van der Waals surface area (Å²) in [6, 6.07) is 15.3. The molecule has 0 amide bonds. The second-order valence-electron chi connectivity index (χ2n) is 7.31. The first kappa shape index (κ1) is 18.7. The van der Waals surface area contributed by atoms with Crippen molar-refractivity contribution in [1.82, 2.24) is 4.90 Å². The maximum absolute atomic E-state index is 9.69. The van der Waals surface area contributed by atoms with Gasteiger partial charge in [0.1, 0.15) is 4.99 Å². The quantitative estimate of drug-likeness (QED) is 0.747. The van der Waals surface area contributed by atoms with Crippen LogP contribution in [0.15, 0.2) is 52.3 Å². The fourth-order valence-electron chi connectivity index (χ4n) is 4.17. The smallest absolute Gasteiger partial charge is 0.104 e. The molecule has 2 heterocycles. The number of rotatable bonds is 5. The third-order valence-corrected chi connectivity index (χ3v) is 6.86. The van der Waals surface area contributed by atoms with Crippen LogP contribution in [0.4, 0.5) is 11.4 Å². The van der Waals surface area contributed by atoms with Crippen molar-refractivity contribution >= 4 is 40.3 Å². The van der Waals surface area contributed by atoms with Gasteiger partial charge in [-0.15, -0.1) is 0 Å². The van der Waals surface area contributed by atoms with Crippen molar-refractivity contribution < 1.29 is 5.11 Å². The summed E-state index contributed by atoms with van der Waals surface area (Å²) in [5.41, 5.74) is 9.19. The average Bonchev–Trinajstić information content (AvgIpc) is 3.12. The summed E-state index contributed by atoms with van der Waals surface area (Å²) in [5, 5.41) is 9.69. The number of nitrogens with two attached hydrogens (primary N) is 1. The molecular formula is C21H25N3OS2. The molecule has 1 unspecified atom stereocenters. The lowest BCUT2D eigenvalue weighted by molar-refractivity contribution is 0.154. The van der Waals surface area contributed by atoms with Gasteiger partial charge in [0.2, 0.25) is 0 Å². The van der Waals surface area contributed by atoms with E-state index in [-0.39, 0.29) is 18.7 Å². The Morgan fingerprint density at radius 2 is 2.04 bits per heavy atom. The molecule has 0 spiro atoms. The van der Waals surface area contributed by atoms with Crippen LogP contribution < -0.4 is 10.6 Å². The molecular weight excluding hydrogens is 374 g/mol. The molecule has 0 radical (unpaired) electrons. The number of hydrogen-bond donors (Lipinski definition) is 2. The Hall–Kier alpha value is -1.60. The van der Waals surface area contributed by atoms with Crippen LogP contribution in [0.2, 0.25) is 0 Å². The van der Waals surface area contributed by atoms with Gasteiger partial charge in [0.25, 0.3) is 0 Å². The van der Waals surface area contributed by atoms with Crippen LogP contribution in [0, 0.1) is 0 Å². The van der Waals surface area contributed by atoms with Gasteiger partial charge in [0, 0.05) is 34.0 Å². The molecule has 2 aromatic carbocycles. The standard InChI is InChI=1S/C21H25N3OS2/c1-14(12-23-10-4-5-16(23)13-25)24-17-6-2-3-7-19(17)27-20-9-8-15(21(22)26)11-18(20)24/h2-3,6-9,11,14,16,25H,4-5,10,12-13H2,1H3,(H2,22,26)/t14?,16-/m1/s1. The first-order valence-corrected chi connectivity index (χ1v) is 10.7. The number of likely N-dealkylation sites (tertiary alicyclic amines) is 1. The minimum atomic E-state index is 0.237. The molecule has 2 aliphatic rings. The predicted octanol–water partition coefficient (Wildman–Crippen LogP) is 3.77. The summed E-state index contributed by atoms with van der Waals surface area (Å²) in [4.78, 5) is 7.75. The Labute approximate surface area is 170 Å². The number of thiocarbonyl (C=S) groups is 1. The van der Waals surface area contributed by atoms with Crippen molar-refractivity contribution in [3.05, 3.63) is 48.0 Å². The largest absolute Gasteiger partial charge is 0.395 e. The summed E-state index contributed by atoms with van der Waals surface area (Å²) in [7, 11) is 0. The molecule has 6 heteroatoms. The molecule has 27 heavy (non-hydrogen) atoms. The van der Waals surface area contributed by atoms with E-state index >= 15 is 0 Å². The van der Waals surface area contributed by atoms with Crippen molar-refractivity contribution in [1.29, 1.82) is 0 Å². The third-order valence-electron chi connectivity index (χ3n) is 5.50. The van der Waals surface area contributed by atoms with Crippen LogP contribution in [0.1, 0.15) is 25.3 Å². The minimum Gasteiger partial charge on any atom is -0.395 e. The first-order chi connectivity index (χ1) is 13.1. The van der Waals surface area contributed by atoms with E-state index in [9.17, 15) is 5.11 Å². The molecule has 1 fully saturated rings. The fraction of sp³-hybridized carbons (Fsp3) is 0.381. The number of aliphatic hydroxyl groups is 1. The molecule has 2 aliphatic heterocycles. The highest BCUT2D eigenvalue weighted by Crippen LogP contribution is 2.49. The van der Waals surface area contributed by atoms with Crippen LogP contribution in [-0.2, 0) is 0 Å². The summed E-state index contributed by atoms with van der Waals surface area (Å²) < 4.78 is 0. The van der Waals surface area contributed by atoms with Crippen molar-refractivity contribution in [3.63, 3.8) is 0 Å². The summed E-state index contributed by atoms with van der Waals surface area (Å²) in [5.74, 6) is 0. The molecule has 3 N–H and O–H groups in total. The minimum absolute atomic E-state index is 0.237. The van der Waals surface area contributed by atoms with E-state index in [1.54, 1.807) is 11.8 Å². The summed E-state index contributed by atoms with van der Waals surface area (Å²) in [6.45, 7) is 4.47. The first-order valence-electron chi connectivity index (χ1n) is 9.43. The van der Waals surface area contributed by atoms with E-state index in [2.05, 4.69) is 53.1 Å². The van der Waals surface area contributed by atoms with Crippen molar-refractivity contribution in [3.8, 4) is 0 Å². The zero-order chi connectivity index (χ0) is 19.0. The van der Waals surface area contributed by atoms with Gasteiger partial charge in [0.05, 0.1) is 18.0 Å². The Morgan fingerprint density at radius 1 is 1.26 bits per heavy atom. The molecule has 4 rings (SSSR count). The van der Waals surface area contributed by atoms with Crippen LogP contribution in [0.25, 0.3) is 0 Å². The number of para-hydroxylation sites is 1. The van der Waals surface area contributed by atoms with Crippen LogP contribution in [0.5, 0.6) is 0 Å². The number of hydrogen-bond acceptors (Lipinski definition) is 5. The second-order valence-corrected chi connectivity index (χ2v) is 8.83. The van der Waals surface area contributed by atoms with Crippen molar-refractivity contribution in [2.24, 2.45) is 5.73 Å². The van der Waals surface area contributed by atoms with Gasteiger partial charge in [0.15, 0.2) is 0 Å². The highest BCUT2D eigenvalue weighted by Gasteiger charge is 2.31. The third kappa shape index (κ3) is 3.59. The molecule has 0 aliphatic carbocycles. The maximum Gasteiger partial charge on any atom is 0.104 e. The number of aliphatic hydroxyl groups excluding tert-OH is 1. The zero-order valence-corrected chi connectivity index (χ0v) is 17.1. The SMILES string of the molecule is CC(CN1CCC[C@@H]1CO)N1c2ccccc2Sc2ccc(C(N)=S)cc21. The Morgan fingerprint density at radius 3 is 2.81 bits per heavy atom. The van der Waals surface area contributed by atoms with Crippen molar-refractivity contribution in [2.75, 3.05) is 24.6 Å². The average molecular weight is 400 g/mol. The lowest BCUT2D eigenvalue weighted by atomic mass is 10.1. The van der Waals surface area contributed by atoms with Gasteiger partial charge in [-0.1, -0.05) is 42.2 Å². The highest BCUT2D eigenvalue weighted by molar-refractivity contribution is 7.99. The van der Waals surface area contributed by atoms with E-state index in [1.165, 1.54) is 15.5 Å². The number of benzene rings is 2. The van der Waals surface area contributed by atoms with Gasteiger partial charge in [-0.3, -0.25) is 4.90 Å². The van der Waals surface area contributed by atoms with E-state index in [1.807, 2.05) is 6.07 Å². The number of anilines is 2. The van der Waals surface area contributed by atoms with E-state index < -0.39 is 0 Å². The monoisotopic (exact) mass is 399 g/mol. The number of nitrogens with zero attached hydrogens (tertiary/aromatic N) is 2. The van der Waals surface area contributed by atoms with Gasteiger partial charge < -0.3 is 15.7 Å². The highest BCUT2D eigenvalue weighted by atomic mass is 32.2. The van der Waals surface area contributed by atoms with E-state index in [4.69, 9.17) is 18.0 Å². The van der Waals surface area contributed by atoms with Crippen LogP contribution in [-0.4, -0.2) is 46.8 Å². The van der Waals surface area contributed by atoms with Gasteiger partial charge >= 0.3 is 0 Å². The number of fused-ring (bicyclic) bond motifs is 2. The Balaban J connectivity index is 1.72. The summed E-state index contributed by atoms with van der Waals surface area (Å²) in [6.07, 6.45) is 2.24. The van der Waals surface area contributed by atoms with Crippen LogP contribution in [0.3, 0.4) is 0 Å². The molecule has 2 atom stereocenters. The second kappa shape index (κ2) is 7.80. The summed E-state index contributed by atoms with van der Waals surface area (Å²) >= 11 is 7.01. The van der Waals surface area contributed by atoms with E-state index in [0.717, 1.165) is 37.2 Å². The zero-order valence-electron chi connectivity index (χ0n) is 15.5. The van der Waals surface area contributed by atoms with Gasteiger partial charge in [-0.05, 0) is 50.6 Å². The molecule has 4 nitrogen and oxygen atoms in total. The molecule has 0 aromatic heterocycles. The lowest BCUT2D eigenvalue weighted by Gasteiger charge is -2.39. The molecule has 1 saturated heterocycles. The normalized spacial score (nSPS) is 20.2. The lowest BCUT2D eigenvalue weighted by Crippen LogP contribution is -2.44. The molecule has 0 bridgehead atoms. The Bertz CT molecular complexity index is 857. The molecule has 2 aromatic rings. The van der Waals surface area contributed by atoms with Crippen LogP contribution >= 0.6 is 24.0 Å². The van der Waals surface area contributed by atoms with E-state index in [0.29, 0.717) is 4.99 Å². The van der Waals surface area contributed by atoms with Gasteiger partial charge in [-0.25, -0.2) is 0 Å². The molecule has 142 valence electrons. The fourth-order valence-corrected chi connectivity index (χ4v) is 5.35. The van der Waals surface area contributed by atoms with Crippen molar-refractivity contribution in [2.45, 2.75) is 41.6 Å².